The van der Waals surface area contributed by atoms with Crippen molar-refractivity contribution in [2.75, 3.05) is 25.0 Å². The molecule has 1 N–H and O–H groups in total. The number of Topliss-reactive ketones (excluding diaryl/α,β-unsaturated/α-hetero) is 1. The molecule has 5 heteroatoms. The Morgan fingerprint density at radius 2 is 1.62 bits per heavy atom. The summed E-state index contributed by atoms with van der Waals surface area (Å²) >= 11 is 5.62. The Labute approximate surface area is 195 Å². The van der Waals surface area contributed by atoms with E-state index in [9.17, 15) is 4.79 Å². The lowest BCUT2D eigenvalue weighted by Crippen LogP contribution is -2.42. The molecule has 0 spiro atoms. The van der Waals surface area contributed by atoms with Crippen molar-refractivity contribution in [1.29, 1.82) is 0 Å². The predicted molar refractivity (Wildman–Crippen MR) is 134 cm³/mol. The highest BCUT2D eigenvalue weighted by molar-refractivity contribution is 7.80. The van der Waals surface area contributed by atoms with Gasteiger partial charge in [0.1, 0.15) is 5.75 Å². The van der Waals surface area contributed by atoms with Gasteiger partial charge in [-0.1, -0.05) is 54.6 Å². The molecule has 3 aromatic rings. The molecule has 0 saturated carbocycles. The fraction of sp³-hybridized carbons (Fsp3) is 0.259. The van der Waals surface area contributed by atoms with E-state index in [1.165, 1.54) is 0 Å². The lowest BCUT2D eigenvalue weighted by Gasteiger charge is -2.33. The van der Waals surface area contributed by atoms with E-state index in [-0.39, 0.29) is 11.7 Å². The molecular weight excluding hydrogens is 416 g/mol. The molecule has 4 nitrogen and oxygen atoms in total. The third kappa shape index (κ3) is 5.17. The van der Waals surface area contributed by atoms with E-state index in [2.05, 4.69) is 22.3 Å². The number of ketones is 1. The Morgan fingerprint density at radius 1 is 0.969 bits per heavy atom. The number of hydrogen-bond donors (Lipinski definition) is 1. The normalized spacial score (nSPS) is 14.1. The number of piperidine rings is 1. The van der Waals surface area contributed by atoms with Gasteiger partial charge in [-0.15, -0.1) is 0 Å². The van der Waals surface area contributed by atoms with Crippen molar-refractivity contribution in [3.8, 4) is 16.9 Å². The van der Waals surface area contributed by atoms with Gasteiger partial charge in [-0.2, -0.15) is 0 Å². The number of carbonyl (C=O) groups excluding carboxylic acids is 1. The molecule has 32 heavy (non-hydrogen) atoms. The molecule has 164 valence electrons. The second kappa shape index (κ2) is 10.4. The summed E-state index contributed by atoms with van der Waals surface area (Å²) in [4.78, 5) is 15.5. The Bertz CT molecular complexity index is 1060. The van der Waals surface area contributed by atoms with Crippen LogP contribution >= 0.6 is 12.2 Å². The molecule has 1 aliphatic rings. The molecule has 3 aromatic carbocycles. The van der Waals surface area contributed by atoms with Crippen molar-refractivity contribution in [2.24, 2.45) is 5.92 Å². The van der Waals surface area contributed by atoms with Crippen molar-refractivity contribution in [2.45, 2.75) is 19.8 Å². The minimum Gasteiger partial charge on any atom is -0.494 e. The highest BCUT2D eigenvalue weighted by Gasteiger charge is 2.28. The van der Waals surface area contributed by atoms with Gasteiger partial charge in [0.25, 0.3) is 0 Å². The minimum atomic E-state index is 0.0180. The van der Waals surface area contributed by atoms with Crippen LogP contribution in [-0.4, -0.2) is 35.5 Å². The van der Waals surface area contributed by atoms with E-state index in [1.54, 1.807) is 0 Å². The zero-order valence-corrected chi connectivity index (χ0v) is 19.1. The van der Waals surface area contributed by atoms with Crippen LogP contribution in [0.3, 0.4) is 0 Å². The van der Waals surface area contributed by atoms with Crippen molar-refractivity contribution in [3.63, 3.8) is 0 Å². The summed E-state index contributed by atoms with van der Waals surface area (Å²) in [5.41, 5.74) is 3.84. The van der Waals surface area contributed by atoms with Crippen LogP contribution in [0.5, 0.6) is 5.75 Å². The Balaban J connectivity index is 1.37. The van der Waals surface area contributed by atoms with Gasteiger partial charge >= 0.3 is 0 Å². The Morgan fingerprint density at radius 3 is 2.31 bits per heavy atom. The van der Waals surface area contributed by atoms with Crippen LogP contribution in [-0.2, 0) is 0 Å². The maximum atomic E-state index is 13.4. The Hall–Kier alpha value is -3.18. The van der Waals surface area contributed by atoms with Gasteiger partial charge in [0, 0.05) is 30.3 Å². The maximum Gasteiger partial charge on any atom is 0.173 e. The highest BCUT2D eigenvalue weighted by atomic mass is 32.1. The van der Waals surface area contributed by atoms with Gasteiger partial charge in [-0.05, 0) is 67.4 Å². The molecule has 0 radical (unpaired) electrons. The molecule has 0 amide bonds. The van der Waals surface area contributed by atoms with Crippen molar-refractivity contribution < 1.29 is 9.53 Å². The number of thiocarbonyl (C=S) groups is 1. The van der Waals surface area contributed by atoms with Gasteiger partial charge < -0.3 is 15.0 Å². The third-order valence-corrected chi connectivity index (χ3v) is 6.21. The number of nitrogens with one attached hydrogen (secondary N) is 1. The number of ether oxygens (including phenoxy) is 1. The smallest absolute Gasteiger partial charge is 0.173 e. The fourth-order valence-corrected chi connectivity index (χ4v) is 4.44. The van der Waals surface area contributed by atoms with Crippen LogP contribution in [0.25, 0.3) is 11.1 Å². The number of carbonyl (C=O) groups is 1. The van der Waals surface area contributed by atoms with Crippen LogP contribution in [0.2, 0.25) is 0 Å². The lowest BCUT2D eigenvalue weighted by molar-refractivity contribution is 0.0873. The number of anilines is 1. The van der Waals surface area contributed by atoms with E-state index in [0.717, 1.165) is 54.1 Å². The van der Waals surface area contributed by atoms with Crippen LogP contribution in [0, 0.1) is 5.92 Å². The standard InChI is InChI=1S/C27H28N2O2S/c1-2-31-23-14-12-22(13-15-23)28-27(32)29-18-16-21(17-19-29)26(30)25-11-7-6-10-24(25)20-8-4-3-5-9-20/h3-15,21H,2,16-19H2,1H3,(H,28,32). The van der Waals surface area contributed by atoms with Crippen LogP contribution in [0.4, 0.5) is 5.69 Å². The van der Waals surface area contributed by atoms with Crippen molar-refractivity contribution in [1.82, 2.24) is 4.90 Å². The predicted octanol–water partition coefficient (Wildman–Crippen LogP) is 6.04. The van der Waals surface area contributed by atoms with Gasteiger partial charge in [-0.3, -0.25) is 4.79 Å². The number of likely N-dealkylation sites (tertiary alicyclic amines) is 1. The molecule has 0 aromatic heterocycles. The minimum absolute atomic E-state index is 0.0180. The molecule has 1 aliphatic heterocycles. The zero-order valence-electron chi connectivity index (χ0n) is 18.3. The molecule has 0 unspecified atom stereocenters. The average Bonchev–Trinajstić information content (AvgIpc) is 2.85. The van der Waals surface area contributed by atoms with E-state index in [4.69, 9.17) is 17.0 Å². The molecular formula is C27H28N2O2S. The van der Waals surface area contributed by atoms with Gasteiger partial charge in [0.2, 0.25) is 0 Å². The molecule has 0 bridgehead atoms. The third-order valence-electron chi connectivity index (χ3n) is 5.85. The van der Waals surface area contributed by atoms with Crippen LogP contribution in [0.1, 0.15) is 30.1 Å². The monoisotopic (exact) mass is 444 g/mol. The number of nitrogens with zero attached hydrogens (tertiary/aromatic N) is 1. The van der Waals surface area contributed by atoms with Crippen LogP contribution < -0.4 is 10.1 Å². The molecule has 0 atom stereocenters. The van der Waals surface area contributed by atoms with Crippen molar-refractivity contribution >= 4 is 28.8 Å². The zero-order chi connectivity index (χ0) is 22.3. The average molecular weight is 445 g/mol. The topological polar surface area (TPSA) is 41.6 Å². The number of rotatable bonds is 6. The summed E-state index contributed by atoms with van der Waals surface area (Å²) < 4.78 is 5.49. The molecule has 1 saturated heterocycles. The summed E-state index contributed by atoms with van der Waals surface area (Å²) in [5, 5.41) is 4.00. The summed E-state index contributed by atoms with van der Waals surface area (Å²) in [6, 6.07) is 25.9. The second-order valence-corrected chi connectivity index (χ2v) is 8.31. The summed E-state index contributed by atoms with van der Waals surface area (Å²) in [6.45, 7) is 4.16. The van der Waals surface area contributed by atoms with E-state index in [0.29, 0.717) is 11.7 Å². The van der Waals surface area contributed by atoms with E-state index in [1.807, 2.05) is 73.7 Å². The lowest BCUT2D eigenvalue weighted by atomic mass is 9.86. The molecule has 0 aliphatic carbocycles. The first-order valence-corrected chi connectivity index (χ1v) is 11.5. The second-order valence-electron chi connectivity index (χ2n) is 7.92. The van der Waals surface area contributed by atoms with Gasteiger partial charge in [0.15, 0.2) is 10.9 Å². The molecule has 1 fully saturated rings. The van der Waals surface area contributed by atoms with Gasteiger partial charge in [-0.25, -0.2) is 0 Å². The van der Waals surface area contributed by atoms with E-state index >= 15 is 0 Å². The highest BCUT2D eigenvalue weighted by Crippen LogP contribution is 2.29. The van der Waals surface area contributed by atoms with Gasteiger partial charge in [0.05, 0.1) is 6.61 Å². The maximum absolute atomic E-state index is 13.4. The SMILES string of the molecule is CCOc1ccc(NC(=S)N2CCC(C(=O)c3ccccc3-c3ccccc3)CC2)cc1. The fourth-order valence-electron chi connectivity index (χ4n) is 4.14. The van der Waals surface area contributed by atoms with Crippen molar-refractivity contribution in [3.05, 3.63) is 84.4 Å². The summed E-state index contributed by atoms with van der Waals surface area (Å²) in [7, 11) is 0. The summed E-state index contributed by atoms with van der Waals surface area (Å²) in [5.74, 6) is 1.10. The first-order valence-electron chi connectivity index (χ1n) is 11.1. The Kier molecular flexibility index (Phi) is 7.17. The number of benzene rings is 3. The molecule has 4 rings (SSSR count). The quantitative estimate of drug-likeness (QED) is 0.371. The first-order chi connectivity index (χ1) is 15.7. The number of hydrogen-bond acceptors (Lipinski definition) is 3. The molecule has 1 heterocycles. The largest absolute Gasteiger partial charge is 0.494 e. The first kappa shape index (κ1) is 22.0. The summed E-state index contributed by atoms with van der Waals surface area (Å²) in [6.07, 6.45) is 1.60. The van der Waals surface area contributed by atoms with Crippen LogP contribution in [0.15, 0.2) is 78.9 Å². The van der Waals surface area contributed by atoms with E-state index < -0.39 is 0 Å².